The van der Waals surface area contributed by atoms with Crippen LogP contribution in [0.1, 0.15) is 11.3 Å². The molecule has 2 amide bonds. The topological polar surface area (TPSA) is 120 Å². The van der Waals surface area contributed by atoms with Crippen LogP contribution in [0.25, 0.3) is 11.0 Å². The zero-order chi connectivity index (χ0) is 24.8. The number of benzene rings is 2. The second-order valence-corrected chi connectivity index (χ2v) is 8.20. The van der Waals surface area contributed by atoms with Crippen LogP contribution in [0.4, 0.5) is 5.69 Å². The molecule has 4 rings (SSSR count). The van der Waals surface area contributed by atoms with E-state index in [1.807, 2.05) is 6.07 Å². The second-order valence-electron chi connectivity index (χ2n) is 7.76. The average Bonchev–Trinajstić information content (AvgIpc) is 2.84. The number of carbonyl (C=O) groups excluding carboxylic acids is 2. The summed E-state index contributed by atoms with van der Waals surface area (Å²) in [4.78, 5) is 45.3. The molecule has 0 aliphatic carbocycles. The van der Waals surface area contributed by atoms with Gasteiger partial charge < -0.3 is 10.3 Å². The van der Waals surface area contributed by atoms with E-state index in [-0.39, 0.29) is 24.4 Å². The first-order chi connectivity index (χ1) is 16.9. The number of hydrazone groups is 1. The van der Waals surface area contributed by atoms with Gasteiger partial charge in [0, 0.05) is 29.3 Å². The molecule has 3 N–H and O–H groups in total. The van der Waals surface area contributed by atoms with E-state index < -0.39 is 17.4 Å². The summed E-state index contributed by atoms with van der Waals surface area (Å²) in [7, 11) is 0. The molecule has 0 spiro atoms. The van der Waals surface area contributed by atoms with E-state index in [1.165, 1.54) is 0 Å². The van der Waals surface area contributed by atoms with Crippen LogP contribution in [0.15, 0.2) is 83.0 Å². The largest absolute Gasteiger partial charge is 0.321 e. The minimum Gasteiger partial charge on any atom is -0.321 e. The van der Waals surface area contributed by atoms with Gasteiger partial charge in [-0.2, -0.15) is 9.67 Å². The molecule has 2 heterocycles. The number of aromatic amines is 1. The van der Waals surface area contributed by atoms with Gasteiger partial charge in [0.15, 0.2) is 12.4 Å². The molecule has 0 radical (unpaired) electrons. The molecule has 176 valence electrons. The number of para-hydroxylation sites is 2. The molecular weight excluding hydrogens is 468 g/mol. The Hall–Kier alpha value is -4.37. The molecule has 2 aromatic carbocycles. The molecule has 2 aromatic heterocycles. The molecule has 0 saturated carbocycles. The molecule has 0 aliphatic rings. The van der Waals surface area contributed by atoms with Gasteiger partial charge in [-0.1, -0.05) is 29.8 Å². The number of carbonyl (C=O) groups is 2. The number of aryl methyl sites for hydroxylation is 1. The summed E-state index contributed by atoms with van der Waals surface area (Å²) in [6.07, 6.45) is 3.27. The van der Waals surface area contributed by atoms with E-state index in [1.54, 1.807) is 78.5 Å². The van der Waals surface area contributed by atoms with Crippen LogP contribution in [-0.2, 0) is 22.6 Å². The van der Waals surface area contributed by atoms with Gasteiger partial charge in [-0.05, 0) is 42.8 Å². The Morgan fingerprint density at radius 3 is 2.63 bits per heavy atom. The van der Waals surface area contributed by atoms with Crippen molar-refractivity contribution in [3.8, 4) is 0 Å². The Kier molecular flexibility index (Phi) is 7.27. The van der Waals surface area contributed by atoms with Crippen LogP contribution in [0.5, 0.6) is 0 Å². The van der Waals surface area contributed by atoms with E-state index in [4.69, 9.17) is 11.6 Å². The van der Waals surface area contributed by atoms with E-state index in [2.05, 4.69) is 25.8 Å². The van der Waals surface area contributed by atoms with Crippen molar-refractivity contribution in [1.29, 1.82) is 0 Å². The quantitative estimate of drug-likeness (QED) is 0.210. The standard InChI is InChI=1S/C25H21ClN6O3/c1-16-13-17(26)9-10-18(16)28-25(35)22(30-31-23(33)15-32-11-5-2-6-12-32)14-21-24(34)29-20-8-4-3-7-19(20)27-21/h2-13H,14-15H2,1H3,(H2-,28,29,31,33,34,35)/p+1. The number of pyridine rings is 1. The van der Waals surface area contributed by atoms with E-state index in [0.717, 1.165) is 5.56 Å². The van der Waals surface area contributed by atoms with E-state index in [0.29, 0.717) is 21.7 Å². The van der Waals surface area contributed by atoms with Gasteiger partial charge in [0.1, 0.15) is 11.4 Å². The Bertz CT molecular complexity index is 1480. The highest BCUT2D eigenvalue weighted by atomic mass is 35.5. The van der Waals surface area contributed by atoms with Gasteiger partial charge >= 0.3 is 5.91 Å². The molecule has 0 saturated heterocycles. The maximum atomic E-state index is 13.1. The molecule has 35 heavy (non-hydrogen) atoms. The molecule has 0 atom stereocenters. The van der Waals surface area contributed by atoms with Crippen molar-refractivity contribution >= 4 is 45.8 Å². The number of anilines is 1. The third kappa shape index (κ3) is 6.15. The minimum absolute atomic E-state index is 0.00430. The fraction of sp³-hybridized carbons (Fsp3) is 0.120. The molecule has 9 nitrogen and oxygen atoms in total. The number of hydrogen-bond donors (Lipinski definition) is 3. The number of nitrogens with one attached hydrogen (secondary N) is 3. The van der Waals surface area contributed by atoms with E-state index in [9.17, 15) is 14.4 Å². The monoisotopic (exact) mass is 489 g/mol. The van der Waals surface area contributed by atoms with Crippen molar-refractivity contribution < 1.29 is 14.2 Å². The number of rotatable bonds is 7. The number of nitrogens with zero attached hydrogens (tertiary/aromatic N) is 3. The summed E-state index contributed by atoms with van der Waals surface area (Å²) in [6.45, 7) is 1.80. The average molecular weight is 490 g/mol. The lowest BCUT2D eigenvalue weighted by atomic mass is 10.1. The number of aromatic nitrogens is 3. The van der Waals surface area contributed by atoms with Crippen molar-refractivity contribution in [3.05, 3.63) is 99.7 Å². The molecule has 4 aromatic rings. The Labute approximate surface area is 205 Å². The van der Waals surface area contributed by atoms with Gasteiger partial charge in [-0.15, -0.1) is 0 Å². The maximum absolute atomic E-state index is 13.1. The summed E-state index contributed by atoms with van der Waals surface area (Å²) in [5, 5.41) is 7.35. The second kappa shape index (κ2) is 10.7. The van der Waals surface area contributed by atoms with Crippen molar-refractivity contribution in [2.24, 2.45) is 5.10 Å². The number of fused-ring (bicyclic) bond motifs is 1. The van der Waals surface area contributed by atoms with Crippen LogP contribution < -0.4 is 20.9 Å². The van der Waals surface area contributed by atoms with Gasteiger partial charge in [-0.3, -0.25) is 14.4 Å². The van der Waals surface area contributed by atoms with Crippen LogP contribution in [0.2, 0.25) is 5.02 Å². The first kappa shape index (κ1) is 23.8. The van der Waals surface area contributed by atoms with Crippen LogP contribution in [-0.4, -0.2) is 27.5 Å². The summed E-state index contributed by atoms with van der Waals surface area (Å²) in [6, 6.07) is 17.5. The Morgan fingerprint density at radius 1 is 1.09 bits per heavy atom. The van der Waals surface area contributed by atoms with Crippen molar-refractivity contribution in [2.45, 2.75) is 19.9 Å². The maximum Gasteiger partial charge on any atom is 0.305 e. The molecular formula is C25H22ClN6O3+. The van der Waals surface area contributed by atoms with Gasteiger partial charge in [-0.25, -0.2) is 10.4 Å². The lowest BCUT2D eigenvalue weighted by molar-refractivity contribution is -0.684. The molecule has 0 unspecified atom stereocenters. The van der Waals surface area contributed by atoms with Crippen molar-refractivity contribution in [2.75, 3.05) is 5.32 Å². The lowest BCUT2D eigenvalue weighted by Crippen LogP contribution is -2.41. The highest BCUT2D eigenvalue weighted by Crippen LogP contribution is 2.19. The normalized spacial score (nSPS) is 11.3. The molecule has 0 bridgehead atoms. The lowest BCUT2D eigenvalue weighted by Gasteiger charge is -2.11. The first-order valence-electron chi connectivity index (χ1n) is 10.7. The summed E-state index contributed by atoms with van der Waals surface area (Å²) >= 11 is 6.01. The van der Waals surface area contributed by atoms with Crippen molar-refractivity contribution in [1.82, 2.24) is 15.4 Å². The predicted octanol–water partition coefficient (Wildman–Crippen LogP) is 2.53. The molecule has 10 heteroatoms. The highest BCUT2D eigenvalue weighted by molar-refractivity contribution is 6.43. The zero-order valence-electron chi connectivity index (χ0n) is 18.8. The number of halogens is 1. The smallest absolute Gasteiger partial charge is 0.305 e. The fourth-order valence-corrected chi connectivity index (χ4v) is 3.58. The first-order valence-corrected chi connectivity index (χ1v) is 11.1. The molecule has 0 aliphatic heterocycles. The van der Waals surface area contributed by atoms with Gasteiger partial charge in [0.2, 0.25) is 6.54 Å². The van der Waals surface area contributed by atoms with Crippen LogP contribution in [0, 0.1) is 6.92 Å². The van der Waals surface area contributed by atoms with Crippen LogP contribution >= 0.6 is 11.6 Å². The summed E-state index contributed by atoms with van der Waals surface area (Å²) in [5.41, 5.74) is 4.39. The van der Waals surface area contributed by atoms with Crippen LogP contribution in [0.3, 0.4) is 0 Å². The number of H-pyrrole nitrogens is 1. The van der Waals surface area contributed by atoms with Gasteiger partial charge in [0.25, 0.3) is 11.5 Å². The SMILES string of the molecule is Cc1cc(Cl)ccc1NC(=O)/C(Cc1nc2ccccc2[nH]c1=O)=N\NC(=O)C[n+]1ccccc1. The van der Waals surface area contributed by atoms with Crippen molar-refractivity contribution in [3.63, 3.8) is 0 Å². The zero-order valence-corrected chi connectivity index (χ0v) is 19.5. The number of hydrogen-bond acceptors (Lipinski definition) is 5. The van der Waals surface area contributed by atoms with E-state index >= 15 is 0 Å². The third-order valence-corrected chi connectivity index (χ3v) is 5.36. The Morgan fingerprint density at radius 2 is 1.86 bits per heavy atom. The number of amides is 2. The summed E-state index contributed by atoms with van der Waals surface area (Å²) in [5.74, 6) is -1.02. The third-order valence-electron chi connectivity index (χ3n) is 5.12. The Balaban J connectivity index is 1.61. The van der Waals surface area contributed by atoms with Gasteiger partial charge in [0.05, 0.1) is 11.0 Å². The highest BCUT2D eigenvalue weighted by Gasteiger charge is 2.19. The minimum atomic E-state index is -0.586. The fourth-order valence-electron chi connectivity index (χ4n) is 3.35. The summed E-state index contributed by atoms with van der Waals surface area (Å²) < 4.78 is 1.66. The molecule has 0 fully saturated rings. The predicted molar refractivity (Wildman–Crippen MR) is 133 cm³/mol.